The fourth-order valence-electron chi connectivity index (χ4n) is 1.97. The highest BCUT2D eigenvalue weighted by atomic mass is 35.5. The number of aromatic nitrogens is 1. The number of rotatable bonds is 6. The average Bonchev–Trinajstić information content (AvgIpc) is 2.48. The molecule has 0 saturated heterocycles. The molecule has 0 radical (unpaired) electrons. The Bertz CT molecular complexity index is 555. The fourth-order valence-corrected chi connectivity index (χ4v) is 2.28. The van der Waals surface area contributed by atoms with E-state index < -0.39 is 0 Å². The number of pyridine rings is 1. The van der Waals surface area contributed by atoms with E-state index in [1.165, 1.54) is 5.56 Å². The van der Waals surface area contributed by atoms with Gasteiger partial charge in [-0.1, -0.05) is 30.7 Å². The third-order valence-corrected chi connectivity index (χ3v) is 3.36. The molecule has 2 rings (SSSR count). The van der Waals surface area contributed by atoms with E-state index >= 15 is 0 Å². The lowest BCUT2D eigenvalue weighted by Gasteiger charge is -2.08. The molecule has 0 aliphatic heterocycles. The summed E-state index contributed by atoms with van der Waals surface area (Å²) in [4.78, 5) is 4.20. The molecule has 106 valence electrons. The Balaban J connectivity index is 2.15. The molecule has 0 spiro atoms. The van der Waals surface area contributed by atoms with Crippen molar-refractivity contribution in [3.8, 4) is 17.0 Å². The number of hydrogen-bond acceptors (Lipinski definition) is 3. The van der Waals surface area contributed by atoms with Crippen LogP contribution in [0.3, 0.4) is 0 Å². The van der Waals surface area contributed by atoms with Crippen molar-refractivity contribution in [2.45, 2.75) is 19.9 Å². The van der Waals surface area contributed by atoms with Gasteiger partial charge in [-0.05, 0) is 30.7 Å². The molecule has 1 heterocycles. The summed E-state index contributed by atoms with van der Waals surface area (Å²) < 4.78 is 5.06. The predicted molar refractivity (Wildman–Crippen MR) is 83.2 cm³/mol. The van der Waals surface area contributed by atoms with Gasteiger partial charge in [0.15, 0.2) is 0 Å². The molecule has 1 aromatic heterocycles. The number of methoxy groups -OCH3 is 1. The summed E-state index contributed by atoms with van der Waals surface area (Å²) in [6.45, 7) is 4.01. The zero-order valence-corrected chi connectivity index (χ0v) is 12.6. The smallest absolute Gasteiger partial charge is 0.212 e. The van der Waals surface area contributed by atoms with E-state index in [0.717, 1.165) is 35.7 Å². The molecular weight excluding hydrogens is 272 g/mol. The van der Waals surface area contributed by atoms with Crippen LogP contribution in [0.25, 0.3) is 11.1 Å². The van der Waals surface area contributed by atoms with Crippen LogP contribution in [0.1, 0.15) is 18.9 Å². The number of ether oxygens (including phenoxy) is 1. The first-order valence-electron chi connectivity index (χ1n) is 6.74. The summed E-state index contributed by atoms with van der Waals surface area (Å²) in [5.41, 5.74) is 3.17. The van der Waals surface area contributed by atoms with Crippen molar-refractivity contribution in [3.05, 3.63) is 47.1 Å². The van der Waals surface area contributed by atoms with E-state index in [0.29, 0.717) is 5.88 Å². The highest BCUT2D eigenvalue weighted by Crippen LogP contribution is 2.29. The van der Waals surface area contributed by atoms with Crippen molar-refractivity contribution < 1.29 is 4.74 Å². The molecule has 3 nitrogen and oxygen atoms in total. The van der Waals surface area contributed by atoms with Crippen molar-refractivity contribution in [3.63, 3.8) is 0 Å². The molecule has 0 saturated carbocycles. The quantitative estimate of drug-likeness (QED) is 0.819. The fraction of sp³-hybridized carbons (Fsp3) is 0.312. The minimum absolute atomic E-state index is 0.602. The molecule has 20 heavy (non-hydrogen) atoms. The van der Waals surface area contributed by atoms with Crippen LogP contribution >= 0.6 is 11.6 Å². The van der Waals surface area contributed by atoms with Gasteiger partial charge in [0, 0.05) is 35.0 Å². The van der Waals surface area contributed by atoms with Gasteiger partial charge in [0.1, 0.15) is 0 Å². The van der Waals surface area contributed by atoms with Gasteiger partial charge in [0.25, 0.3) is 0 Å². The molecule has 4 heteroatoms. The Labute approximate surface area is 124 Å². The lowest BCUT2D eigenvalue weighted by atomic mass is 10.1. The van der Waals surface area contributed by atoms with Crippen LogP contribution < -0.4 is 10.1 Å². The van der Waals surface area contributed by atoms with Gasteiger partial charge in [-0.25, -0.2) is 4.98 Å². The number of hydrogen-bond donors (Lipinski definition) is 1. The molecule has 0 bridgehead atoms. The molecule has 0 fully saturated rings. The Morgan fingerprint density at radius 3 is 2.70 bits per heavy atom. The number of nitrogens with zero attached hydrogens (tertiary/aromatic N) is 1. The molecule has 0 amide bonds. The molecule has 0 unspecified atom stereocenters. The van der Waals surface area contributed by atoms with Crippen LogP contribution in [0, 0.1) is 0 Å². The van der Waals surface area contributed by atoms with Gasteiger partial charge in [0.05, 0.1) is 7.11 Å². The van der Waals surface area contributed by atoms with Gasteiger partial charge in [-0.3, -0.25) is 0 Å². The standard InChI is InChI=1S/C16H19ClN2O/c1-3-8-18-10-12-4-6-14(15(17)9-12)13-5-7-16(20-2)19-11-13/h4-7,9,11,18H,3,8,10H2,1-2H3. The largest absolute Gasteiger partial charge is 0.481 e. The minimum atomic E-state index is 0.602. The van der Waals surface area contributed by atoms with Crippen LogP contribution in [-0.2, 0) is 6.54 Å². The number of benzene rings is 1. The summed E-state index contributed by atoms with van der Waals surface area (Å²) in [6.07, 6.45) is 2.90. The minimum Gasteiger partial charge on any atom is -0.481 e. The number of nitrogens with one attached hydrogen (secondary N) is 1. The maximum atomic E-state index is 6.36. The summed E-state index contributed by atoms with van der Waals surface area (Å²) in [7, 11) is 1.60. The highest BCUT2D eigenvalue weighted by molar-refractivity contribution is 6.33. The second-order valence-electron chi connectivity index (χ2n) is 4.58. The van der Waals surface area contributed by atoms with Crippen molar-refractivity contribution in [2.24, 2.45) is 0 Å². The monoisotopic (exact) mass is 290 g/mol. The third kappa shape index (κ3) is 3.71. The van der Waals surface area contributed by atoms with E-state index in [1.54, 1.807) is 13.3 Å². The van der Waals surface area contributed by atoms with Crippen LogP contribution in [0.2, 0.25) is 5.02 Å². The highest BCUT2D eigenvalue weighted by Gasteiger charge is 2.05. The van der Waals surface area contributed by atoms with E-state index in [4.69, 9.17) is 16.3 Å². The molecule has 0 aliphatic carbocycles. The van der Waals surface area contributed by atoms with Crippen molar-refractivity contribution in [1.29, 1.82) is 0 Å². The zero-order valence-electron chi connectivity index (χ0n) is 11.8. The summed E-state index contributed by atoms with van der Waals surface area (Å²) in [5, 5.41) is 4.11. The summed E-state index contributed by atoms with van der Waals surface area (Å²) in [5.74, 6) is 0.602. The first-order chi connectivity index (χ1) is 9.74. The first kappa shape index (κ1) is 14.8. The van der Waals surface area contributed by atoms with Gasteiger partial charge in [-0.2, -0.15) is 0 Å². The van der Waals surface area contributed by atoms with Crippen LogP contribution in [-0.4, -0.2) is 18.6 Å². The molecule has 0 atom stereocenters. The predicted octanol–water partition coefficient (Wildman–Crippen LogP) is 3.91. The number of halogens is 1. The molecule has 0 aliphatic rings. The SMILES string of the molecule is CCCNCc1ccc(-c2ccc(OC)nc2)c(Cl)c1. The van der Waals surface area contributed by atoms with Gasteiger partial charge >= 0.3 is 0 Å². The Morgan fingerprint density at radius 2 is 2.10 bits per heavy atom. The van der Waals surface area contributed by atoms with Crippen LogP contribution in [0.4, 0.5) is 0 Å². The normalized spacial score (nSPS) is 10.6. The maximum absolute atomic E-state index is 6.36. The lowest BCUT2D eigenvalue weighted by Crippen LogP contribution is -2.13. The molecule has 1 N–H and O–H groups in total. The van der Waals surface area contributed by atoms with Crippen LogP contribution in [0.5, 0.6) is 5.88 Å². The Morgan fingerprint density at radius 1 is 1.25 bits per heavy atom. The van der Waals surface area contributed by atoms with Crippen molar-refractivity contribution in [1.82, 2.24) is 10.3 Å². The topological polar surface area (TPSA) is 34.1 Å². The van der Waals surface area contributed by atoms with Crippen molar-refractivity contribution in [2.75, 3.05) is 13.7 Å². The second kappa shape index (κ2) is 7.27. The second-order valence-corrected chi connectivity index (χ2v) is 4.99. The van der Waals surface area contributed by atoms with E-state index in [2.05, 4.69) is 23.3 Å². The Hall–Kier alpha value is -1.58. The summed E-state index contributed by atoms with van der Waals surface area (Å²) in [6, 6.07) is 9.93. The molecular formula is C16H19ClN2O. The van der Waals surface area contributed by atoms with Crippen molar-refractivity contribution >= 4 is 11.6 Å². The van der Waals surface area contributed by atoms with Crippen LogP contribution in [0.15, 0.2) is 36.5 Å². The summed E-state index contributed by atoms with van der Waals surface area (Å²) >= 11 is 6.36. The molecule has 2 aromatic rings. The third-order valence-electron chi connectivity index (χ3n) is 3.05. The van der Waals surface area contributed by atoms with Gasteiger partial charge in [-0.15, -0.1) is 0 Å². The van der Waals surface area contributed by atoms with E-state index in [-0.39, 0.29) is 0 Å². The first-order valence-corrected chi connectivity index (χ1v) is 7.12. The zero-order chi connectivity index (χ0) is 14.4. The van der Waals surface area contributed by atoms with Gasteiger partial charge < -0.3 is 10.1 Å². The lowest BCUT2D eigenvalue weighted by molar-refractivity contribution is 0.398. The maximum Gasteiger partial charge on any atom is 0.212 e. The van der Waals surface area contributed by atoms with E-state index in [1.807, 2.05) is 24.3 Å². The Kier molecular flexibility index (Phi) is 5.39. The average molecular weight is 291 g/mol. The van der Waals surface area contributed by atoms with Gasteiger partial charge in [0.2, 0.25) is 5.88 Å². The van der Waals surface area contributed by atoms with E-state index in [9.17, 15) is 0 Å². The molecule has 1 aromatic carbocycles.